The average molecular weight is 417 g/mol. The van der Waals surface area contributed by atoms with Crippen molar-refractivity contribution in [3.05, 3.63) is 70.3 Å². The van der Waals surface area contributed by atoms with Crippen molar-refractivity contribution in [2.24, 2.45) is 0 Å². The van der Waals surface area contributed by atoms with E-state index in [1.54, 1.807) is 17.0 Å². The maximum absolute atomic E-state index is 13.7. The van der Waals surface area contributed by atoms with Crippen LogP contribution in [-0.2, 0) is 6.54 Å². The Morgan fingerprint density at radius 2 is 1.96 bits per heavy atom. The van der Waals surface area contributed by atoms with Gasteiger partial charge in [-0.2, -0.15) is 0 Å². The van der Waals surface area contributed by atoms with Crippen LogP contribution in [0, 0.1) is 5.82 Å². The van der Waals surface area contributed by atoms with E-state index in [4.69, 9.17) is 0 Å². The molecular formula is C19H18BrFN4O. The van der Waals surface area contributed by atoms with Gasteiger partial charge in [-0.3, -0.25) is 9.69 Å². The normalized spacial score (nSPS) is 15.5. The molecule has 7 heteroatoms. The van der Waals surface area contributed by atoms with Crippen molar-refractivity contribution >= 4 is 27.5 Å². The maximum Gasteiger partial charge on any atom is 0.254 e. The molecule has 134 valence electrons. The molecule has 2 aromatic heterocycles. The number of carbonyl (C=O) groups excluding carboxylic acids is 1. The second-order valence-corrected chi connectivity index (χ2v) is 7.25. The molecule has 0 bridgehead atoms. The molecule has 4 rings (SSSR count). The van der Waals surface area contributed by atoms with Gasteiger partial charge in [0, 0.05) is 50.7 Å². The molecule has 0 unspecified atom stereocenters. The topological polar surface area (TPSA) is 40.9 Å². The molecule has 1 aliphatic rings. The second-order valence-electron chi connectivity index (χ2n) is 6.40. The molecule has 1 saturated heterocycles. The van der Waals surface area contributed by atoms with E-state index in [2.05, 4.69) is 25.8 Å². The van der Waals surface area contributed by atoms with Crippen LogP contribution in [0.1, 0.15) is 16.1 Å². The zero-order chi connectivity index (χ0) is 18.1. The summed E-state index contributed by atoms with van der Waals surface area (Å²) in [5, 5.41) is 0. The lowest BCUT2D eigenvalue weighted by Gasteiger charge is -2.34. The highest BCUT2D eigenvalue weighted by Gasteiger charge is 2.23. The largest absolute Gasteiger partial charge is 0.336 e. The minimum Gasteiger partial charge on any atom is -0.336 e. The van der Waals surface area contributed by atoms with Gasteiger partial charge in [0.05, 0.1) is 10.2 Å². The van der Waals surface area contributed by atoms with E-state index >= 15 is 0 Å². The van der Waals surface area contributed by atoms with Crippen molar-refractivity contribution in [1.82, 2.24) is 19.2 Å². The highest BCUT2D eigenvalue weighted by molar-refractivity contribution is 9.10. The fraction of sp³-hybridized carbons (Fsp3) is 0.263. The van der Waals surface area contributed by atoms with E-state index in [1.807, 2.05) is 35.0 Å². The maximum atomic E-state index is 13.7. The van der Waals surface area contributed by atoms with E-state index in [9.17, 15) is 9.18 Å². The first-order valence-corrected chi connectivity index (χ1v) is 9.29. The van der Waals surface area contributed by atoms with Crippen LogP contribution >= 0.6 is 15.9 Å². The van der Waals surface area contributed by atoms with Gasteiger partial charge in [0.15, 0.2) is 0 Å². The van der Waals surface area contributed by atoms with Gasteiger partial charge in [0.1, 0.15) is 11.5 Å². The van der Waals surface area contributed by atoms with Crippen LogP contribution in [0.4, 0.5) is 4.39 Å². The van der Waals surface area contributed by atoms with Gasteiger partial charge in [0.25, 0.3) is 5.91 Å². The molecule has 3 heterocycles. The number of hydrogen-bond donors (Lipinski definition) is 0. The quantitative estimate of drug-likeness (QED) is 0.658. The monoisotopic (exact) mass is 416 g/mol. The first kappa shape index (κ1) is 17.2. The van der Waals surface area contributed by atoms with Crippen molar-refractivity contribution in [2.45, 2.75) is 6.54 Å². The lowest BCUT2D eigenvalue weighted by molar-refractivity contribution is 0.0626. The molecule has 0 radical (unpaired) electrons. The molecule has 3 aromatic rings. The summed E-state index contributed by atoms with van der Waals surface area (Å²) in [6.45, 7) is 3.57. The molecular weight excluding hydrogens is 399 g/mol. The van der Waals surface area contributed by atoms with Crippen LogP contribution < -0.4 is 0 Å². The third kappa shape index (κ3) is 3.50. The van der Waals surface area contributed by atoms with Crippen molar-refractivity contribution in [3.8, 4) is 0 Å². The van der Waals surface area contributed by atoms with Gasteiger partial charge >= 0.3 is 0 Å². The number of aromatic nitrogens is 2. The number of hydrogen-bond acceptors (Lipinski definition) is 3. The van der Waals surface area contributed by atoms with E-state index in [1.165, 1.54) is 6.07 Å². The number of pyridine rings is 1. The van der Waals surface area contributed by atoms with Crippen LogP contribution in [-0.4, -0.2) is 51.3 Å². The third-order valence-corrected chi connectivity index (χ3v) is 5.27. The number of fused-ring (bicyclic) bond motifs is 1. The summed E-state index contributed by atoms with van der Waals surface area (Å²) in [6.07, 6.45) is 4.03. The highest BCUT2D eigenvalue weighted by atomic mass is 79.9. The lowest BCUT2D eigenvalue weighted by atomic mass is 10.1. The molecule has 0 saturated carbocycles. The summed E-state index contributed by atoms with van der Waals surface area (Å²) in [5.41, 5.74) is 2.35. The fourth-order valence-corrected chi connectivity index (χ4v) is 3.46. The van der Waals surface area contributed by atoms with E-state index in [-0.39, 0.29) is 5.91 Å². The molecule has 0 aliphatic carbocycles. The zero-order valence-electron chi connectivity index (χ0n) is 14.1. The molecule has 1 aromatic carbocycles. The Kier molecular flexibility index (Phi) is 4.74. The lowest BCUT2D eigenvalue weighted by Crippen LogP contribution is -2.48. The average Bonchev–Trinajstić information content (AvgIpc) is 3.06. The fourth-order valence-electron chi connectivity index (χ4n) is 3.21. The number of piperazine rings is 1. The molecule has 0 N–H and O–H groups in total. The molecule has 0 spiro atoms. The van der Waals surface area contributed by atoms with E-state index in [0.29, 0.717) is 23.1 Å². The molecule has 5 nitrogen and oxygen atoms in total. The SMILES string of the molecule is O=C(c1ccc(Br)c(F)c1)N1CCN(Cc2cn3ccccc3n2)CC1. The van der Waals surface area contributed by atoms with Crippen LogP contribution in [0.25, 0.3) is 5.65 Å². The van der Waals surface area contributed by atoms with Crippen molar-refractivity contribution in [2.75, 3.05) is 26.2 Å². The molecule has 0 atom stereocenters. The summed E-state index contributed by atoms with van der Waals surface area (Å²) in [4.78, 5) is 21.2. The summed E-state index contributed by atoms with van der Waals surface area (Å²) in [5.74, 6) is -0.537. The minimum absolute atomic E-state index is 0.121. The first-order chi connectivity index (χ1) is 12.6. The number of imidazole rings is 1. The predicted octanol–water partition coefficient (Wildman–Crippen LogP) is 3.19. The second kappa shape index (κ2) is 7.17. The molecule has 1 fully saturated rings. The molecule has 26 heavy (non-hydrogen) atoms. The van der Waals surface area contributed by atoms with Crippen LogP contribution in [0.3, 0.4) is 0 Å². The first-order valence-electron chi connectivity index (χ1n) is 8.49. The van der Waals surface area contributed by atoms with Gasteiger partial charge in [0.2, 0.25) is 0 Å². The Morgan fingerprint density at radius 3 is 2.69 bits per heavy atom. The number of carbonyl (C=O) groups is 1. The van der Waals surface area contributed by atoms with Gasteiger partial charge in [-0.05, 0) is 46.3 Å². The molecule has 1 aliphatic heterocycles. The van der Waals surface area contributed by atoms with Crippen molar-refractivity contribution in [3.63, 3.8) is 0 Å². The Morgan fingerprint density at radius 1 is 1.15 bits per heavy atom. The van der Waals surface area contributed by atoms with Gasteiger partial charge in [-0.15, -0.1) is 0 Å². The standard InChI is InChI=1S/C19H18BrFN4O/c20-16-5-4-14(11-17(16)21)19(26)24-9-7-23(8-10-24)12-15-13-25-6-2-1-3-18(25)22-15/h1-6,11,13H,7-10,12H2. The van der Waals surface area contributed by atoms with Crippen LogP contribution in [0.2, 0.25) is 0 Å². The minimum atomic E-state index is -0.415. The van der Waals surface area contributed by atoms with Gasteiger partial charge < -0.3 is 9.30 Å². The number of nitrogens with zero attached hydrogens (tertiary/aromatic N) is 4. The van der Waals surface area contributed by atoms with E-state index < -0.39 is 5.82 Å². The summed E-state index contributed by atoms with van der Waals surface area (Å²) in [6, 6.07) is 10.4. The number of benzene rings is 1. The van der Waals surface area contributed by atoms with Crippen molar-refractivity contribution < 1.29 is 9.18 Å². The third-order valence-electron chi connectivity index (χ3n) is 4.63. The van der Waals surface area contributed by atoms with Gasteiger partial charge in [-0.25, -0.2) is 9.37 Å². The Balaban J connectivity index is 1.37. The Hall–Kier alpha value is -2.25. The van der Waals surface area contributed by atoms with Crippen molar-refractivity contribution in [1.29, 1.82) is 0 Å². The Labute approximate surface area is 159 Å². The molecule has 1 amide bonds. The van der Waals surface area contributed by atoms with Crippen LogP contribution in [0.5, 0.6) is 0 Å². The van der Waals surface area contributed by atoms with E-state index in [0.717, 1.165) is 31.0 Å². The number of rotatable bonds is 3. The summed E-state index contributed by atoms with van der Waals surface area (Å²) >= 11 is 3.11. The smallest absolute Gasteiger partial charge is 0.254 e. The summed E-state index contributed by atoms with van der Waals surface area (Å²) in [7, 11) is 0. The number of amides is 1. The highest BCUT2D eigenvalue weighted by Crippen LogP contribution is 2.18. The van der Waals surface area contributed by atoms with Gasteiger partial charge in [-0.1, -0.05) is 6.07 Å². The number of halogens is 2. The predicted molar refractivity (Wildman–Crippen MR) is 100 cm³/mol. The Bertz CT molecular complexity index is 917. The van der Waals surface area contributed by atoms with Crippen LogP contribution in [0.15, 0.2) is 53.3 Å². The summed E-state index contributed by atoms with van der Waals surface area (Å²) < 4.78 is 16.0. The zero-order valence-corrected chi connectivity index (χ0v) is 15.7.